The third kappa shape index (κ3) is 0.798. The predicted molar refractivity (Wildman–Crippen MR) is 69.9 cm³/mol. The van der Waals surface area contributed by atoms with Gasteiger partial charge in [-0.3, -0.25) is 0 Å². The molecule has 2 heterocycles. The summed E-state index contributed by atoms with van der Waals surface area (Å²) in [6, 6.07) is 2.56. The van der Waals surface area contributed by atoms with Crippen molar-refractivity contribution in [1.29, 1.82) is 0 Å². The van der Waals surface area contributed by atoms with E-state index in [2.05, 4.69) is 8.84 Å². The molecule has 98 valence electrons. The van der Waals surface area contributed by atoms with Crippen molar-refractivity contribution >= 4 is 23.6 Å². The summed E-state index contributed by atoms with van der Waals surface area (Å²) < 4.78 is 4.54. The van der Waals surface area contributed by atoms with E-state index in [1.165, 1.54) is 25.7 Å². The van der Waals surface area contributed by atoms with Gasteiger partial charge < -0.3 is 0 Å². The molecule has 0 aromatic carbocycles. The molecule has 0 aromatic heterocycles. The summed E-state index contributed by atoms with van der Waals surface area (Å²) in [6.45, 7) is 0. The fourth-order valence-corrected chi connectivity index (χ4v) is 8.66. The van der Waals surface area contributed by atoms with Gasteiger partial charge in [0.15, 0.2) is 0 Å². The van der Waals surface area contributed by atoms with Crippen molar-refractivity contribution < 1.29 is 0 Å². The first kappa shape index (κ1) is 10.3. The Labute approximate surface area is 118 Å². The molecule has 10 atom stereocenters. The Morgan fingerprint density at radius 2 is 1.17 bits per heavy atom. The normalized spacial score (nSPS) is 71.7. The highest BCUT2D eigenvalue weighted by Crippen LogP contribution is 2.73. The lowest BCUT2D eigenvalue weighted by Gasteiger charge is -2.47. The van der Waals surface area contributed by atoms with Crippen molar-refractivity contribution in [2.24, 2.45) is 35.5 Å². The number of hydrogen-bond donors (Lipinski definition) is 0. The van der Waals surface area contributed by atoms with Crippen LogP contribution in [0, 0.1) is 35.5 Å². The van der Waals surface area contributed by atoms with E-state index in [1.54, 1.807) is 0 Å². The molecule has 0 unspecified atom stereocenters. The van der Waals surface area contributed by atoms with Crippen molar-refractivity contribution in [3.63, 3.8) is 0 Å². The summed E-state index contributed by atoms with van der Waals surface area (Å²) in [5, 5.41) is 0. The minimum Gasteiger partial charge on any atom is -0.212 e. The minimum absolute atomic E-state index is 0.576. The van der Waals surface area contributed by atoms with E-state index in [-0.39, 0.29) is 0 Å². The van der Waals surface area contributed by atoms with Crippen LogP contribution >= 0.6 is 23.6 Å². The number of fused-ring (bicyclic) bond motifs is 4. The summed E-state index contributed by atoms with van der Waals surface area (Å²) in [7, 11) is 0. The first-order valence-electron chi connectivity index (χ1n) is 7.67. The highest BCUT2D eigenvalue weighted by atomic mass is 35.5. The summed E-state index contributed by atoms with van der Waals surface area (Å²) in [5.74, 6) is 5.23. The summed E-state index contributed by atoms with van der Waals surface area (Å²) in [6.07, 6.45) is 5.63. The van der Waals surface area contributed by atoms with Crippen LogP contribution in [0.15, 0.2) is 0 Å². The molecule has 6 fully saturated rings. The molecule has 0 amide bonds. The molecule has 2 nitrogen and oxygen atoms in total. The molecule has 0 aromatic rings. The van der Waals surface area contributed by atoms with Crippen LogP contribution in [-0.4, -0.2) is 33.0 Å². The summed E-state index contributed by atoms with van der Waals surface area (Å²) in [4.78, 5) is 0. The lowest BCUT2D eigenvalue weighted by atomic mass is 9.63. The average molecular weight is 285 g/mol. The zero-order chi connectivity index (χ0) is 11.8. The summed E-state index contributed by atoms with van der Waals surface area (Å²) in [5.41, 5.74) is 0. The van der Waals surface area contributed by atoms with Crippen LogP contribution in [-0.2, 0) is 0 Å². The maximum Gasteiger partial charge on any atom is 0.0458 e. The van der Waals surface area contributed by atoms with Crippen molar-refractivity contribution in [2.75, 3.05) is 0 Å². The molecule has 6 aliphatic rings. The van der Waals surface area contributed by atoms with E-state index in [9.17, 15) is 0 Å². The van der Waals surface area contributed by atoms with E-state index in [4.69, 9.17) is 23.6 Å². The molecular formula is C14H18Cl2N2. The fourth-order valence-electron chi connectivity index (χ4n) is 7.59. The predicted octanol–water partition coefficient (Wildman–Crippen LogP) is 2.71. The monoisotopic (exact) mass is 284 g/mol. The Morgan fingerprint density at radius 1 is 0.667 bits per heavy atom. The Morgan fingerprint density at radius 3 is 1.67 bits per heavy atom. The van der Waals surface area contributed by atoms with Crippen LogP contribution < -0.4 is 0 Å². The number of rotatable bonds is 0. The first-order chi connectivity index (χ1) is 8.79. The van der Waals surface area contributed by atoms with Gasteiger partial charge >= 0.3 is 0 Å². The molecule has 2 saturated heterocycles. The maximum atomic E-state index is 6.80. The zero-order valence-corrected chi connectivity index (χ0v) is 11.8. The van der Waals surface area contributed by atoms with Crippen LogP contribution in [0.3, 0.4) is 0 Å². The van der Waals surface area contributed by atoms with E-state index in [0.717, 1.165) is 35.5 Å². The number of hydrogen-bond acceptors (Lipinski definition) is 2. The van der Waals surface area contributed by atoms with Crippen molar-refractivity contribution in [1.82, 2.24) is 8.84 Å². The van der Waals surface area contributed by atoms with Crippen molar-refractivity contribution in [2.45, 2.75) is 49.9 Å². The van der Waals surface area contributed by atoms with Crippen LogP contribution in [0.2, 0.25) is 0 Å². The molecule has 4 heteroatoms. The first-order valence-corrected chi connectivity index (χ1v) is 8.35. The van der Waals surface area contributed by atoms with Crippen molar-refractivity contribution in [3.8, 4) is 0 Å². The van der Waals surface area contributed by atoms with E-state index in [1.807, 2.05) is 0 Å². The Balaban J connectivity index is 1.62. The highest BCUT2D eigenvalue weighted by Gasteiger charge is 2.78. The number of nitrogens with zero attached hydrogens (tertiary/aromatic N) is 2. The second-order valence-electron chi connectivity index (χ2n) is 7.63. The van der Waals surface area contributed by atoms with Crippen molar-refractivity contribution in [3.05, 3.63) is 0 Å². The van der Waals surface area contributed by atoms with Gasteiger partial charge in [0.1, 0.15) is 0 Å². The van der Waals surface area contributed by atoms with E-state index >= 15 is 0 Å². The summed E-state index contributed by atoms with van der Waals surface area (Å²) >= 11 is 13.6. The van der Waals surface area contributed by atoms with Gasteiger partial charge in [0, 0.05) is 24.2 Å². The molecule has 0 radical (unpaired) electrons. The molecule has 2 aliphatic heterocycles. The Bertz CT molecular complexity index is 406. The lowest BCUT2D eigenvalue weighted by molar-refractivity contribution is 0.0324. The van der Waals surface area contributed by atoms with Gasteiger partial charge in [-0.2, -0.15) is 0 Å². The van der Waals surface area contributed by atoms with Gasteiger partial charge in [-0.1, -0.05) is 6.42 Å². The zero-order valence-electron chi connectivity index (χ0n) is 10.3. The topological polar surface area (TPSA) is 6.48 Å². The Kier molecular flexibility index (Phi) is 1.66. The third-order valence-corrected chi connectivity index (χ3v) is 8.54. The van der Waals surface area contributed by atoms with Gasteiger partial charge in [0.2, 0.25) is 0 Å². The van der Waals surface area contributed by atoms with Gasteiger partial charge in [0.25, 0.3) is 0 Å². The molecule has 0 N–H and O–H groups in total. The largest absolute Gasteiger partial charge is 0.212 e. The molecular weight excluding hydrogens is 267 g/mol. The second kappa shape index (κ2) is 2.90. The maximum absolute atomic E-state index is 6.80. The minimum atomic E-state index is 0.576. The van der Waals surface area contributed by atoms with Gasteiger partial charge in [-0.15, -0.1) is 0 Å². The van der Waals surface area contributed by atoms with Gasteiger partial charge in [-0.05, 0) is 78.3 Å². The lowest BCUT2D eigenvalue weighted by Crippen LogP contribution is -2.55. The van der Waals surface area contributed by atoms with Crippen LogP contribution in [0.1, 0.15) is 25.7 Å². The molecule has 4 saturated carbocycles. The standard InChI is InChI=1S/C14H18Cl2N2/c15-17-11-5-2-1-3-6(5)12-10-8-4-7(9(10)11)13(17)14(8)18(12)16/h5-14H,1-4H2/t5-,6+,7+,8-,9-,10-,11-,12+,13-,14+/m1/s1. The van der Waals surface area contributed by atoms with Crippen LogP contribution in [0.4, 0.5) is 0 Å². The average Bonchev–Trinajstić information content (AvgIpc) is 3.06. The van der Waals surface area contributed by atoms with Crippen LogP contribution in [0.5, 0.6) is 0 Å². The SMILES string of the molecule is ClN1[C@@H]2[C@@H]3CCC[C@@H]3[C@H]3[C@@H]4[C@H]5C[C@@H]([C@H]42)[C@@H]1[C@H]5N3Cl. The molecule has 0 spiro atoms. The number of halogens is 2. The quantitative estimate of drug-likeness (QED) is 0.631. The smallest absolute Gasteiger partial charge is 0.0458 e. The molecule has 4 aliphatic carbocycles. The van der Waals surface area contributed by atoms with Gasteiger partial charge in [-0.25, -0.2) is 8.84 Å². The second-order valence-corrected chi connectivity index (χ2v) is 8.41. The molecule has 18 heavy (non-hydrogen) atoms. The van der Waals surface area contributed by atoms with Gasteiger partial charge in [0.05, 0.1) is 0 Å². The van der Waals surface area contributed by atoms with E-state index < -0.39 is 0 Å². The Hall–Kier alpha value is 0.500. The third-order valence-electron chi connectivity index (χ3n) is 7.63. The van der Waals surface area contributed by atoms with E-state index in [0.29, 0.717) is 24.2 Å². The highest BCUT2D eigenvalue weighted by molar-refractivity contribution is 6.15. The molecule has 6 rings (SSSR count). The molecule has 2 bridgehead atoms. The van der Waals surface area contributed by atoms with Crippen LogP contribution in [0.25, 0.3) is 0 Å². The fraction of sp³-hybridized carbons (Fsp3) is 1.00.